The highest BCUT2D eigenvalue weighted by Crippen LogP contribution is 2.54. The molecule has 2 heterocycles. The molecular weight excluding hydrogens is 707 g/mol. The fourth-order valence-corrected chi connectivity index (χ4v) is 9.75. The van der Waals surface area contributed by atoms with Crippen LogP contribution in [0.4, 0.5) is 17.1 Å². The topological polar surface area (TPSA) is 29.5 Å². The molecule has 12 rings (SSSR count). The second-order valence-electron chi connectivity index (χ2n) is 16.1. The first kappa shape index (κ1) is 32.8. The van der Waals surface area contributed by atoms with E-state index in [0.29, 0.717) is 0 Å². The van der Waals surface area contributed by atoms with Crippen LogP contribution in [0.1, 0.15) is 25.0 Å². The average Bonchev–Trinajstić information content (AvgIpc) is 3.92. The molecule has 11 aromatic rings. The lowest BCUT2D eigenvalue weighted by Crippen LogP contribution is -2.20. The molecule has 3 heteroatoms. The smallest absolute Gasteiger partial charge is 0.143 e. The van der Waals surface area contributed by atoms with E-state index in [0.717, 1.165) is 82.9 Å². The highest BCUT2D eigenvalue weighted by Gasteiger charge is 2.38. The lowest BCUT2D eigenvalue weighted by molar-refractivity contribution is 0.661. The summed E-state index contributed by atoms with van der Waals surface area (Å²) >= 11 is 0. The molecule has 274 valence electrons. The Kier molecular flexibility index (Phi) is 6.98. The van der Waals surface area contributed by atoms with Crippen LogP contribution in [0, 0.1) is 0 Å². The van der Waals surface area contributed by atoms with E-state index >= 15 is 0 Å². The highest BCUT2D eigenvalue weighted by atomic mass is 16.3. The molecule has 0 radical (unpaired) electrons. The maximum absolute atomic E-state index is 6.62. The minimum absolute atomic E-state index is 0.204. The van der Waals surface area contributed by atoms with Gasteiger partial charge >= 0.3 is 0 Å². The molecule has 0 saturated heterocycles. The molecule has 0 unspecified atom stereocenters. The van der Waals surface area contributed by atoms with Crippen LogP contribution in [0.3, 0.4) is 0 Å². The first-order chi connectivity index (χ1) is 28.5. The van der Waals surface area contributed by atoms with E-state index in [1.165, 1.54) is 33.3 Å². The van der Waals surface area contributed by atoms with Crippen molar-refractivity contribution in [1.82, 2.24) is 0 Å². The zero-order chi connectivity index (χ0) is 38.5. The number of rotatable bonds is 5. The van der Waals surface area contributed by atoms with Crippen molar-refractivity contribution in [3.63, 3.8) is 0 Å². The molecule has 9 aromatic carbocycles. The summed E-state index contributed by atoms with van der Waals surface area (Å²) in [6, 6.07) is 67.7. The van der Waals surface area contributed by atoms with Gasteiger partial charge < -0.3 is 13.7 Å². The Balaban J connectivity index is 1.03. The van der Waals surface area contributed by atoms with Gasteiger partial charge in [-0.05, 0) is 111 Å². The Morgan fingerprint density at radius 2 is 1.10 bits per heavy atom. The summed E-state index contributed by atoms with van der Waals surface area (Å²) < 4.78 is 12.9. The van der Waals surface area contributed by atoms with E-state index in [-0.39, 0.29) is 5.41 Å². The lowest BCUT2D eigenvalue weighted by atomic mass is 9.81. The van der Waals surface area contributed by atoms with Crippen molar-refractivity contribution < 1.29 is 8.83 Å². The second kappa shape index (κ2) is 12.3. The predicted molar refractivity (Wildman–Crippen MR) is 242 cm³/mol. The van der Waals surface area contributed by atoms with Crippen LogP contribution in [-0.4, -0.2) is 0 Å². The number of furan rings is 2. The molecule has 58 heavy (non-hydrogen) atoms. The van der Waals surface area contributed by atoms with Crippen molar-refractivity contribution in [2.24, 2.45) is 0 Å². The summed E-state index contributed by atoms with van der Waals surface area (Å²) in [4.78, 5) is 2.45. The van der Waals surface area contributed by atoms with Gasteiger partial charge in [0.2, 0.25) is 0 Å². The Morgan fingerprint density at radius 1 is 0.414 bits per heavy atom. The van der Waals surface area contributed by atoms with Crippen molar-refractivity contribution in [1.29, 1.82) is 0 Å². The summed E-state index contributed by atoms with van der Waals surface area (Å²) in [5, 5.41) is 6.84. The fourth-order valence-electron chi connectivity index (χ4n) is 9.75. The molecule has 2 aromatic heterocycles. The van der Waals surface area contributed by atoms with Crippen LogP contribution < -0.4 is 4.90 Å². The van der Waals surface area contributed by atoms with Crippen molar-refractivity contribution in [2.75, 3.05) is 4.90 Å². The summed E-state index contributed by atoms with van der Waals surface area (Å²) in [6.45, 7) is 4.73. The maximum atomic E-state index is 6.62. The normalized spacial score (nSPS) is 13.1. The molecule has 0 bridgehead atoms. The van der Waals surface area contributed by atoms with Gasteiger partial charge in [-0.3, -0.25) is 0 Å². The molecule has 0 amide bonds. The van der Waals surface area contributed by atoms with Gasteiger partial charge in [-0.15, -0.1) is 0 Å². The number of benzene rings is 9. The maximum Gasteiger partial charge on any atom is 0.143 e. The van der Waals surface area contributed by atoms with E-state index in [9.17, 15) is 0 Å². The number of nitrogens with zero attached hydrogens (tertiary/aromatic N) is 1. The number of fused-ring (bicyclic) bond motifs is 11. The van der Waals surface area contributed by atoms with Gasteiger partial charge in [-0.25, -0.2) is 0 Å². The Bertz CT molecular complexity index is 3440. The Hall–Kier alpha value is -7.36. The molecule has 0 saturated carbocycles. The van der Waals surface area contributed by atoms with Gasteiger partial charge in [-0.2, -0.15) is 0 Å². The molecule has 1 aliphatic carbocycles. The van der Waals surface area contributed by atoms with Gasteiger partial charge in [0.05, 0.1) is 5.69 Å². The number of anilines is 3. The van der Waals surface area contributed by atoms with Gasteiger partial charge in [0.1, 0.15) is 22.3 Å². The van der Waals surface area contributed by atoms with Crippen LogP contribution in [0.25, 0.3) is 88.0 Å². The van der Waals surface area contributed by atoms with Crippen molar-refractivity contribution >= 4 is 71.7 Å². The van der Waals surface area contributed by atoms with Crippen LogP contribution in [-0.2, 0) is 5.41 Å². The standard InChI is InChI=1S/C55H37NO2/c1-55(2)47-20-7-5-16-42(47)45-19-10-21-48(53(45)55)56(38-28-24-34(25-29-38)36-27-30-44-43-17-6-8-22-49(43)57-51(44)33-36)39-14-9-13-37(32-39)40-18-11-23-50-52(40)46-31-26-35-12-3-4-15-41(35)54(46)58-50/h3-33H,1-2H3. The Labute approximate surface area is 336 Å². The van der Waals surface area contributed by atoms with E-state index in [4.69, 9.17) is 8.83 Å². The highest BCUT2D eigenvalue weighted by molar-refractivity contribution is 6.19. The average molecular weight is 744 g/mol. The van der Waals surface area contributed by atoms with Gasteiger partial charge in [0.25, 0.3) is 0 Å². The summed E-state index contributed by atoms with van der Waals surface area (Å²) in [5.41, 5.74) is 16.6. The first-order valence-electron chi connectivity index (χ1n) is 20.0. The van der Waals surface area contributed by atoms with E-state index in [1.54, 1.807) is 0 Å². The quantitative estimate of drug-likeness (QED) is 0.176. The summed E-state index contributed by atoms with van der Waals surface area (Å²) in [5.74, 6) is 0. The van der Waals surface area contributed by atoms with Gasteiger partial charge in [-0.1, -0.05) is 141 Å². The number of para-hydroxylation sites is 1. The predicted octanol–water partition coefficient (Wildman–Crippen LogP) is 15.7. The molecule has 0 atom stereocenters. The molecule has 1 aliphatic rings. The number of hydrogen-bond acceptors (Lipinski definition) is 3. The minimum Gasteiger partial charge on any atom is -0.456 e. The number of hydrogen-bond donors (Lipinski definition) is 0. The minimum atomic E-state index is -0.204. The van der Waals surface area contributed by atoms with Crippen molar-refractivity contribution in [2.45, 2.75) is 19.3 Å². The van der Waals surface area contributed by atoms with Crippen molar-refractivity contribution in [3.8, 4) is 33.4 Å². The van der Waals surface area contributed by atoms with Crippen molar-refractivity contribution in [3.05, 3.63) is 199 Å². The summed E-state index contributed by atoms with van der Waals surface area (Å²) in [7, 11) is 0. The van der Waals surface area contributed by atoms with E-state index in [2.05, 4.69) is 195 Å². The monoisotopic (exact) mass is 743 g/mol. The van der Waals surface area contributed by atoms with Crippen LogP contribution >= 0.6 is 0 Å². The molecule has 0 fully saturated rings. The van der Waals surface area contributed by atoms with E-state index in [1.807, 2.05) is 12.1 Å². The molecular formula is C55H37NO2. The first-order valence-corrected chi connectivity index (χ1v) is 20.0. The molecule has 0 aliphatic heterocycles. The third-order valence-electron chi connectivity index (χ3n) is 12.4. The largest absolute Gasteiger partial charge is 0.456 e. The zero-order valence-corrected chi connectivity index (χ0v) is 32.2. The van der Waals surface area contributed by atoms with Crippen LogP contribution in [0.15, 0.2) is 197 Å². The third-order valence-corrected chi connectivity index (χ3v) is 12.4. The summed E-state index contributed by atoms with van der Waals surface area (Å²) in [6.07, 6.45) is 0. The molecule has 0 spiro atoms. The van der Waals surface area contributed by atoms with E-state index < -0.39 is 0 Å². The molecule has 0 N–H and O–H groups in total. The van der Waals surface area contributed by atoms with Crippen LogP contribution in [0.5, 0.6) is 0 Å². The van der Waals surface area contributed by atoms with Gasteiger partial charge in [0.15, 0.2) is 0 Å². The molecule has 3 nitrogen and oxygen atoms in total. The fraction of sp³-hybridized carbons (Fsp3) is 0.0545. The van der Waals surface area contributed by atoms with Crippen LogP contribution in [0.2, 0.25) is 0 Å². The zero-order valence-electron chi connectivity index (χ0n) is 32.2. The third kappa shape index (κ3) is 4.80. The SMILES string of the molecule is CC1(C)c2ccccc2-c2cccc(N(c3ccc(-c4ccc5c(c4)oc4ccccc45)cc3)c3cccc(-c4cccc5oc6c7ccccc7ccc6c45)c3)c21. The van der Waals surface area contributed by atoms with Gasteiger partial charge in [0, 0.05) is 43.7 Å². The Morgan fingerprint density at radius 3 is 2.02 bits per heavy atom. The lowest BCUT2D eigenvalue weighted by Gasteiger charge is -2.32. The second-order valence-corrected chi connectivity index (χ2v) is 16.1.